The van der Waals surface area contributed by atoms with Gasteiger partial charge in [-0.25, -0.2) is 9.59 Å². The van der Waals surface area contributed by atoms with Gasteiger partial charge in [0, 0.05) is 29.1 Å². The maximum absolute atomic E-state index is 12.3. The Morgan fingerprint density at radius 3 is 2.64 bits per heavy atom. The molecule has 0 spiro atoms. The molecule has 0 N–H and O–H groups in total. The number of aryl methyl sites for hydroxylation is 1. The second kappa shape index (κ2) is 6.20. The second-order valence-corrected chi connectivity index (χ2v) is 5.50. The van der Waals surface area contributed by atoms with Crippen LogP contribution < -0.4 is 10.4 Å². The van der Waals surface area contributed by atoms with Gasteiger partial charge in [-0.05, 0) is 37.6 Å². The predicted octanol–water partition coefficient (Wildman–Crippen LogP) is 3.54. The number of fused-ring (bicyclic) bond motifs is 1. The molecule has 3 aromatic rings. The van der Waals surface area contributed by atoms with Gasteiger partial charge in [0.25, 0.3) is 5.69 Å². The summed E-state index contributed by atoms with van der Waals surface area (Å²) in [6, 6.07) is 10.3. The van der Waals surface area contributed by atoms with Crippen LogP contribution >= 0.6 is 0 Å². The highest BCUT2D eigenvalue weighted by Crippen LogP contribution is 2.25. The minimum Gasteiger partial charge on any atom is -0.423 e. The molecule has 3 rings (SSSR count). The van der Waals surface area contributed by atoms with Crippen LogP contribution in [0.5, 0.6) is 5.75 Å². The van der Waals surface area contributed by atoms with Crippen LogP contribution in [0.25, 0.3) is 11.0 Å². The van der Waals surface area contributed by atoms with Crippen LogP contribution in [0.2, 0.25) is 0 Å². The van der Waals surface area contributed by atoms with E-state index in [9.17, 15) is 19.7 Å². The first kappa shape index (κ1) is 16.4. The number of hydrogen-bond donors (Lipinski definition) is 0. The molecule has 126 valence electrons. The summed E-state index contributed by atoms with van der Waals surface area (Å²) < 4.78 is 10.4. The van der Waals surface area contributed by atoms with Gasteiger partial charge in [-0.1, -0.05) is 6.07 Å². The summed E-state index contributed by atoms with van der Waals surface area (Å²) in [5.74, 6) is -0.548. The molecule has 0 saturated heterocycles. The fourth-order valence-electron chi connectivity index (χ4n) is 2.57. The molecule has 0 aliphatic carbocycles. The molecule has 2 aromatic carbocycles. The van der Waals surface area contributed by atoms with Crippen molar-refractivity contribution in [1.82, 2.24) is 0 Å². The average molecular weight is 339 g/mol. The summed E-state index contributed by atoms with van der Waals surface area (Å²) in [5, 5.41) is 11.7. The first-order chi connectivity index (χ1) is 11.9. The highest BCUT2D eigenvalue weighted by Gasteiger charge is 2.19. The van der Waals surface area contributed by atoms with E-state index in [4.69, 9.17) is 9.15 Å². The first-order valence-electron chi connectivity index (χ1n) is 7.37. The van der Waals surface area contributed by atoms with Crippen LogP contribution in [-0.4, -0.2) is 10.9 Å². The number of esters is 1. The van der Waals surface area contributed by atoms with E-state index in [0.717, 1.165) is 10.9 Å². The van der Waals surface area contributed by atoms with Gasteiger partial charge in [-0.3, -0.25) is 10.1 Å². The lowest BCUT2D eigenvalue weighted by molar-refractivity contribution is -0.385. The average Bonchev–Trinajstić information content (AvgIpc) is 2.54. The molecule has 0 atom stereocenters. The third-order valence-corrected chi connectivity index (χ3v) is 3.86. The Bertz CT molecular complexity index is 1070. The van der Waals surface area contributed by atoms with Crippen molar-refractivity contribution in [3.63, 3.8) is 0 Å². The zero-order valence-corrected chi connectivity index (χ0v) is 13.4. The molecule has 0 radical (unpaired) electrons. The minimum atomic E-state index is -0.726. The van der Waals surface area contributed by atoms with Crippen molar-refractivity contribution in [3.8, 4) is 5.75 Å². The Balaban J connectivity index is 1.96. The quantitative estimate of drug-likeness (QED) is 0.238. The van der Waals surface area contributed by atoms with E-state index in [1.54, 1.807) is 19.1 Å². The van der Waals surface area contributed by atoms with Crippen molar-refractivity contribution in [2.45, 2.75) is 13.8 Å². The first-order valence-corrected chi connectivity index (χ1v) is 7.37. The Kier molecular flexibility index (Phi) is 4.06. The lowest BCUT2D eigenvalue weighted by atomic mass is 10.1. The molecular formula is C18H13NO6. The Labute approximate surface area is 141 Å². The van der Waals surface area contributed by atoms with Crippen LogP contribution in [0.3, 0.4) is 0 Å². The zero-order chi connectivity index (χ0) is 18.1. The topological polar surface area (TPSA) is 99.7 Å². The molecule has 0 aliphatic heterocycles. The monoisotopic (exact) mass is 339 g/mol. The van der Waals surface area contributed by atoms with Crippen LogP contribution in [0.4, 0.5) is 5.69 Å². The van der Waals surface area contributed by atoms with Gasteiger partial charge in [0.15, 0.2) is 0 Å². The van der Waals surface area contributed by atoms with Crippen molar-refractivity contribution in [2.75, 3.05) is 0 Å². The second-order valence-electron chi connectivity index (χ2n) is 5.50. The molecule has 0 fully saturated rings. The van der Waals surface area contributed by atoms with Gasteiger partial charge in [0.05, 0.1) is 10.5 Å². The normalized spacial score (nSPS) is 10.6. The van der Waals surface area contributed by atoms with Gasteiger partial charge < -0.3 is 9.15 Å². The summed E-state index contributed by atoms with van der Waals surface area (Å²) >= 11 is 0. The highest BCUT2D eigenvalue weighted by atomic mass is 16.6. The molecule has 0 bridgehead atoms. The van der Waals surface area contributed by atoms with E-state index in [2.05, 4.69) is 0 Å². The Hall–Kier alpha value is -3.48. The molecule has 25 heavy (non-hydrogen) atoms. The molecular weight excluding hydrogens is 326 g/mol. The molecule has 1 aromatic heterocycles. The molecule has 0 saturated carbocycles. The minimum absolute atomic E-state index is 0.0972. The summed E-state index contributed by atoms with van der Waals surface area (Å²) in [4.78, 5) is 34.2. The van der Waals surface area contributed by atoms with E-state index in [-0.39, 0.29) is 22.6 Å². The third-order valence-electron chi connectivity index (χ3n) is 3.86. The van der Waals surface area contributed by atoms with Gasteiger partial charge >= 0.3 is 11.6 Å². The molecule has 7 nitrogen and oxygen atoms in total. The van der Waals surface area contributed by atoms with E-state index in [1.165, 1.54) is 37.3 Å². The van der Waals surface area contributed by atoms with Crippen molar-refractivity contribution in [2.24, 2.45) is 0 Å². The highest BCUT2D eigenvalue weighted by molar-refractivity contribution is 5.94. The smallest absolute Gasteiger partial charge is 0.344 e. The third kappa shape index (κ3) is 3.12. The molecule has 1 heterocycles. The zero-order valence-electron chi connectivity index (χ0n) is 13.4. The standard InChI is InChI=1S/C18H13NO6/c1-10-8-17(20)25-16-9-12(6-7-13(10)16)24-18(21)14-4-3-5-15(11(14)2)19(22)23/h3-9H,1-2H3. The number of hydrogen-bond acceptors (Lipinski definition) is 6. The van der Waals surface area contributed by atoms with Crippen molar-refractivity contribution >= 4 is 22.6 Å². The van der Waals surface area contributed by atoms with E-state index in [0.29, 0.717) is 5.58 Å². The van der Waals surface area contributed by atoms with Gasteiger partial charge in [-0.15, -0.1) is 0 Å². The maximum Gasteiger partial charge on any atom is 0.344 e. The van der Waals surface area contributed by atoms with E-state index >= 15 is 0 Å². The Morgan fingerprint density at radius 1 is 1.16 bits per heavy atom. The number of nitro groups is 1. The summed E-state index contributed by atoms with van der Waals surface area (Å²) in [6.07, 6.45) is 0. The fraction of sp³-hybridized carbons (Fsp3) is 0.111. The Morgan fingerprint density at radius 2 is 1.92 bits per heavy atom. The van der Waals surface area contributed by atoms with Crippen LogP contribution in [0.15, 0.2) is 51.7 Å². The maximum atomic E-state index is 12.3. The summed E-state index contributed by atoms with van der Waals surface area (Å²) in [6.45, 7) is 3.26. The molecule has 0 amide bonds. The van der Waals surface area contributed by atoms with Crippen molar-refractivity contribution in [1.29, 1.82) is 0 Å². The number of nitro benzene ring substituents is 1. The molecule has 0 aliphatic rings. The number of rotatable bonds is 3. The van der Waals surface area contributed by atoms with Gasteiger partial charge in [0.1, 0.15) is 11.3 Å². The lowest BCUT2D eigenvalue weighted by Crippen LogP contribution is -2.11. The van der Waals surface area contributed by atoms with Crippen LogP contribution in [0, 0.1) is 24.0 Å². The number of benzene rings is 2. The van der Waals surface area contributed by atoms with Crippen molar-refractivity contribution < 1.29 is 18.9 Å². The fourth-order valence-corrected chi connectivity index (χ4v) is 2.57. The van der Waals surface area contributed by atoms with E-state index in [1.807, 2.05) is 0 Å². The van der Waals surface area contributed by atoms with Gasteiger partial charge in [0.2, 0.25) is 0 Å². The van der Waals surface area contributed by atoms with E-state index < -0.39 is 16.5 Å². The van der Waals surface area contributed by atoms with Crippen LogP contribution in [0.1, 0.15) is 21.5 Å². The number of carbonyl (C=O) groups is 1. The number of nitrogens with zero attached hydrogens (tertiary/aromatic N) is 1. The van der Waals surface area contributed by atoms with Crippen LogP contribution in [-0.2, 0) is 0 Å². The summed E-state index contributed by atoms with van der Waals surface area (Å²) in [7, 11) is 0. The van der Waals surface area contributed by atoms with Crippen molar-refractivity contribution in [3.05, 3.63) is 79.7 Å². The summed E-state index contributed by atoms with van der Waals surface area (Å²) in [5.41, 5.74) is 0.711. The largest absolute Gasteiger partial charge is 0.423 e. The molecule has 0 unspecified atom stereocenters. The molecule has 7 heteroatoms. The predicted molar refractivity (Wildman–Crippen MR) is 90.0 cm³/mol. The van der Waals surface area contributed by atoms with Gasteiger partial charge in [-0.2, -0.15) is 0 Å². The number of ether oxygens (including phenoxy) is 1. The SMILES string of the molecule is Cc1c(C(=O)Oc2ccc3c(C)cc(=O)oc3c2)cccc1[N+](=O)[O-]. The lowest BCUT2D eigenvalue weighted by Gasteiger charge is -2.08. The number of carbonyl (C=O) groups excluding carboxylic acids is 1.